The molecular weight excluding hydrogens is 224 g/mol. The van der Waals surface area contributed by atoms with Crippen molar-refractivity contribution in [3.8, 4) is 0 Å². The first-order valence-electron chi connectivity index (χ1n) is 5.57. The Labute approximate surface area is 98.8 Å². The van der Waals surface area contributed by atoms with E-state index in [9.17, 15) is 0 Å². The van der Waals surface area contributed by atoms with Crippen molar-refractivity contribution in [3.63, 3.8) is 0 Å². The number of H-pyrrole nitrogens is 1. The maximum atomic E-state index is 5.93. The lowest BCUT2D eigenvalue weighted by molar-refractivity contribution is 0.110. The molecule has 1 aliphatic heterocycles. The van der Waals surface area contributed by atoms with Crippen LogP contribution in [0.3, 0.4) is 0 Å². The number of hydrogen-bond acceptors (Lipinski definition) is 2. The van der Waals surface area contributed by atoms with Crippen molar-refractivity contribution in [3.05, 3.63) is 29.0 Å². The molecule has 1 fully saturated rings. The Morgan fingerprint density at radius 1 is 1.50 bits per heavy atom. The minimum Gasteiger partial charge on any atom is -0.378 e. The zero-order valence-electron chi connectivity index (χ0n) is 8.87. The third-order valence-corrected chi connectivity index (χ3v) is 3.17. The Morgan fingerprint density at radius 2 is 2.44 bits per heavy atom. The Kier molecular flexibility index (Phi) is 2.58. The van der Waals surface area contributed by atoms with Gasteiger partial charge in [0.2, 0.25) is 0 Å². The lowest BCUT2D eigenvalue weighted by Crippen LogP contribution is -2.09. The highest BCUT2D eigenvalue weighted by Gasteiger charge is 2.17. The molecule has 0 saturated carbocycles. The summed E-state index contributed by atoms with van der Waals surface area (Å²) in [6.07, 6.45) is 3.50. The van der Waals surface area contributed by atoms with Crippen LogP contribution in [0.15, 0.2) is 18.2 Å². The SMILES string of the molecule is Clc1ccc2nc(CC3CCCO3)[nH]c2c1. The number of hydrogen-bond donors (Lipinski definition) is 1. The quantitative estimate of drug-likeness (QED) is 0.871. The molecule has 4 heteroatoms. The van der Waals surface area contributed by atoms with Gasteiger partial charge in [-0.3, -0.25) is 0 Å². The van der Waals surface area contributed by atoms with Crippen LogP contribution in [0.2, 0.25) is 5.02 Å². The molecule has 1 aliphatic rings. The van der Waals surface area contributed by atoms with Gasteiger partial charge in [0.05, 0.1) is 17.1 Å². The van der Waals surface area contributed by atoms with Crippen molar-refractivity contribution < 1.29 is 4.74 Å². The molecule has 0 radical (unpaired) electrons. The van der Waals surface area contributed by atoms with E-state index in [1.54, 1.807) is 0 Å². The highest BCUT2D eigenvalue weighted by atomic mass is 35.5. The van der Waals surface area contributed by atoms with Crippen molar-refractivity contribution in [2.24, 2.45) is 0 Å². The lowest BCUT2D eigenvalue weighted by atomic mass is 10.2. The average molecular weight is 237 g/mol. The van der Waals surface area contributed by atoms with E-state index < -0.39 is 0 Å². The van der Waals surface area contributed by atoms with E-state index in [0.717, 1.165) is 47.7 Å². The summed E-state index contributed by atoms with van der Waals surface area (Å²) in [5, 5.41) is 0.736. The highest BCUT2D eigenvalue weighted by Crippen LogP contribution is 2.20. The summed E-state index contributed by atoms with van der Waals surface area (Å²) in [5.74, 6) is 0.990. The number of rotatable bonds is 2. The summed E-state index contributed by atoms with van der Waals surface area (Å²) in [5.41, 5.74) is 1.97. The normalized spacial score (nSPS) is 20.7. The van der Waals surface area contributed by atoms with Crippen LogP contribution < -0.4 is 0 Å². The van der Waals surface area contributed by atoms with E-state index >= 15 is 0 Å². The maximum absolute atomic E-state index is 5.93. The van der Waals surface area contributed by atoms with Gasteiger partial charge in [-0.05, 0) is 31.0 Å². The number of benzene rings is 1. The Bertz CT molecular complexity index is 503. The molecule has 0 amide bonds. The van der Waals surface area contributed by atoms with Gasteiger partial charge in [0.1, 0.15) is 5.82 Å². The highest BCUT2D eigenvalue weighted by molar-refractivity contribution is 6.31. The van der Waals surface area contributed by atoms with E-state index in [2.05, 4.69) is 9.97 Å². The third-order valence-electron chi connectivity index (χ3n) is 2.94. The summed E-state index contributed by atoms with van der Waals surface area (Å²) < 4.78 is 5.59. The number of ether oxygens (including phenoxy) is 1. The zero-order valence-corrected chi connectivity index (χ0v) is 9.63. The summed E-state index contributed by atoms with van der Waals surface area (Å²) >= 11 is 5.93. The first-order valence-corrected chi connectivity index (χ1v) is 5.95. The summed E-state index contributed by atoms with van der Waals surface area (Å²) in [7, 11) is 0. The molecule has 1 aromatic heterocycles. The van der Waals surface area contributed by atoms with Crippen molar-refractivity contribution in [2.45, 2.75) is 25.4 Å². The number of aromatic nitrogens is 2. The van der Waals surface area contributed by atoms with Crippen molar-refractivity contribution in [2.75, 3.05) is 6.61 Å². The molecule has 84 valence electrons. The summed E-state index contributed by atoms with van der Waals surface area (Å²) in [4.78, 5) is 7.81. The third kappa shape index (κ3) is 1.93. The fourth-order valence-electron chi connectivity index (χ4n) is 2.15. The molecule has 2 heterocycles. The second kappa shape index (κ2) is 4.07. The van der Waals surface area contributed by atoms with Crippen molar-refractivity contribution in [1.29, 1.82) is 0 Å². The molecule has 2 aromatic rings. The second-order valence-electron chi connectivity index (χ2n) is 4.18. The number of halogens is 1. The Morgan fingerprint density at radius 3 is 3.25 bits per heavy atom. The van der Waals surface area contributed by atoms with Crippen LogP contribution in [0.5, 0.6) is 0 Å². The topological polar surface area (TPSA) is 37.9 Å². The number of imidazole rings is 1. The van der Waals surface area contributed by atoms with Crippen LogP contribution >= 0.6 is 11.6 Å². The van der Waals surface area contributed by atoms with Gasteiger partial charge < -0.3 is 9.72 Å². The van der Waals surface area contributed by atoms with Crippen molar-refractivity contribution in [1.82, 2.24) is 9.97 Å². The monoisotopic (exact) mass is 236 g/mol. The van der Waals surface area contributed by atoms with Gasteiger partial charge in [-0.25, -0.2) is 4.98 Å². The molecule has 1 atom stereocenters. The predicted molar refractivity (Wildman–Crippen MR) is 63.8 cm³/mol. The van der Waals surface area contributed by atoms with Gasteiger partial charge in [-0.15, -0.1) is 0 Å². The van der Waals surface area contributed by atoms with E-state index in [0.29, 0.717) is 6.10 Å². The molecule has 16 heavy (non-hydrogen) atoms. The Balaban J connectivity index is 1.86. The molecule has 1 unspecified atom stereocenters. The second-order valence-corrected chi connectivity index (χ2v) is 4.62. The van der Waals surface area contributed by atoms with Gasteiger partial charge in [0.15, 0.2) is 0 Å². The molecule has 3 nitrogen and oxygen atoms in total. The summed E-state index contributed by atoms with van der Waals surface area (Å²) in [6, 6.07) is 5.71. The smallest absolute Gasteiger partial charge is 0.109 e. The average Bonchev–Trinajstić information content (AvgIpc) is 2.86. The van der Waals surface area contributed by atoms with Gasteiger partial charge >= 0.3 is 0 Å². The van der Waals surface area contributed by atoms with Gasteiger partial charge in [0, 0.05) is 18.1 Å². The standard InChI is InChI=1S/C12H13ClN2O/c13-8-3-4-10-11(6-8)15-12(14-10)7-9-2-1-5-16-9/h3-4,6,9H,1-2,5,7H2,(H,14,15). The van der Waals surface area contributed by atoms with E-state index in [1.807, 2.05) is 18.2 Å². The predicted octanol–water partition coefficient (Wildman–Crippen LogP) is 2.94. The molecule has 1 saturated heterocycles. The molecular formula is C12H13ClN2O. The van der Waals surface area contributed by atoms with Crippen LogP contribution in [-0.4, -0.2) is 22.7 Å². The van der Waals surface area contributed by atoms with E-state index in [1.165, 1.54) is 0 Å². The molecule has 1 N–H and O–H groups in total. The Hall–Kier alpha value is -1.06. The molecule has 0 aliphatic carbocycles. The largest absolute Gasteiger partial charge is 0.378 e. The molecule has 0 bridgehead atoms. The molecule has 0 spiro atoms. The minimum absolute atomic E-state index is 0.330. The number of nitrogens with one attached hydrogen (secondary N) is 1. The van der Waals surface area contributed by atoms with Crippen LogP contribution in [0.1, 0.15) is 18.7 Å². The van der Waals surface area contributed by atoms with Crippen LogP contribution in [0.25, 0.3) is 11.0 Å². The number of fused-ring (bicyclic) bond motifs is 1. The van der Waals surface area contributed by atoms with Gasteiger partial charge in [-0.2, -0.15) is 0 Å². The first-order chi connectivity index (χ1) is 7.81. The number of nitrogens with zero attached hydrogens (tertiary/aromatic N) is 1. The zero-order chi connectivity index (χ0) is 11.0. The van der Waals surface area contributed by atoms with Gasteiger partial charge in [-0.1, -0.05) is 11.6 Å². The first kappa shape index (κ1) is 10.1. The van der Waals surface area contributed by atoms with Crippen LogP contribution in [0.4, 0.5) is 0 Å². The van der Waals surface area contributed by atoms with Gasteiger partial charge in [0.25, 0.3) is 0 Å². The van der Waals surface area contributed by atoms with Crippen LogP contribution in [0, 0.1) is 0 Å². The lowest BCUT2D eigenvalue weighted by Gasteiger charge is -2.05. The van der Waals surface area contributed by atoms with E-state index in [4.69, 9.17) is 16.3 Å². The van der Waals surface area contributed by atoms with E-state index in [-0.39, 0.29) is 0 Å². The van der Waals surface area contributed by atoms with Crippen molar-refractivity contribution >= 4 is 22.6 Å². The number of aromatic amines is 1. The minimum atomic E-state index is 0.330. The molecule has 1 aromatic carbocycles. The molecule has 3 rings (SSSR count). The van der Waals surface area contributed by atoms with Crippen LogP contribution in [-0.2, 0) is 11.2 Å². The summed E-state index contributed by atoms with van der Waals surface area (Å²) in [6.45, 7) is 0.886. The fraction of sp³-hybridized carbons (Fsp3) is 0.417. The maximum Gasteiger partial charge on any atom is 0.109 e. The fourth-order valence-corrected chi connectivity index (χ4v) is 2.32.